The van der Waals surface area contributed by atoms with Crippen LogP contribution in [0.15, 0.2) is 23.5 Å². The fourth-order valence-corrected chi connectivity index (χ4v) is 2.30. The molecule has 1 saturated heterocycles. The number of oxime groups is 1. The zero-order valence-electron chi connectivity index (χ0n) is 11.1. The fraction of sp³-hybridized carbons (Fsp3) is 0.538. The van der Waals surface area contributed by atoms with Crippen molar-refractivity contribution in [3.8, 4) is 5.88 Å². The molecule has 19 heavy (non-hydrogen) atoms. The first kappa shape index (κ1) is 13.6. The molecule has 0 amide bonds. The topological polar surface area (TPSA) is 90.0 Å². The van der Waals surface area contributed by atoms with E-state index in [0.29, 0.717) is 11.4 Å². The lowest BCUT2D eigenvalue weighted by molar-refractivity contribution is -0.0729. The van der Waals surface area contributed by atoms with Crippen molar-refractivity contribution >= 4 is 5.84 Å². The van der Waals surface area contributed by atoms with E-state index in [9.17, 15) is 0 Å². The largest absolute Gasteiger partial charge is 0.474 e. The van der Waals surface area contributed by atoms with Crippen LogP contribution < -0.4 is 10.5 Å². The smallest absolute Gasteiger partial charge is 0.214 e. The third-order valence-electron chi connectivity index (χ3n) is 3.08. The lowest BCUT2D eigenvalue weighted by Crippen LogP contribution is -2.35. The summed E-state index contributed by atoms with van der Waals surface area (Å²) in [5.74, 6) is 0.524. The van der Waals surface area contributed by atoms with Crippen molar-refractivity contribution < 1.29 is 14.7 Å². The molecule has 2 rings (SSSR count). The van der Waals surface area contributed by atoms with E-state index in [1.165, 1.54) is 0 Å². The van der Waals surface area contributed by atoms with Gasteiger partial charge in [-0.2, -0.15) is 0 Å². The van der Waals surface area contributed by atoms with Gasteiger partial charge in [-0.05, 0) is 19.9 Å². The highest BCUT2D eigenvalue weighted by Gasteiger charge is 2.26. The van der Waals surface area contributed by atoms with Crippen molar-refractivity contribution in [2.75, 3.05) is 0 Å². The summed E-state index contributed by atoms with van der Waals surface area (Å²) < 4.78 is 11.5. The maximum atomic E-state index is 8.66. The molecule has 1 fully saturated rings. The van der Waals surface area contributed by atoms with Crippen LogP contribution in [0.3, 0.4) is 0 Å². The van der Waals surface area contributed by atoms with E-state index in [1.54, 1.807) is 18.3 Å². The maximum Gasteiger partial charge on any atom is 0.214 e. The van der Waals surface area contributed by atoms with Gasteiger partial charge in [-0.15, -0.1) is 0 Å². The highest BCUT2D eigenvalue weighted by molar-refractivity contribution is 5.97. The Bertz CT molecular complexity index is 454. The van der Waals surface area contributed by atoms with Gasteiger partial charge in [-0.3, -0.25) is 0 Å². The summed E-state index contributed by atoms with van der Waals surface area (Å²) >= 11 is 0. The van der Waals surface area contributed by atoms with Gasteiger partial charge in [-0.25, -0.2) is 4.98 Å². The van der Waals surface area contributed by atoms with Gasteiger partial charge in [0.15, 0.2) is 5.84 Å². The van der Waals surface area contributed by atoms with E-state index >= 15 is 0 Å². The number of amidine groups is 1. The van der Waals surface area contributed by atoms with Crippen LogP contribution in [0.5, 0.6) is 5.88 Å². The zero-order chi connectivity index (χ0) is 13.8. The third kappa shape index (κ3) is 3.57. The number of ether oxygens (including phenoxy) is 2. The van der Waals surface area contributed by atoms with Crippen LogP contribution in [0.25, 0.3) is 0 Å². The normalized spacial score (nSPS) is 28.1. The minimum absolute atomic E-state index is 0.0426. The SMILES string of the molecule is CC1CC(Oc2cc(/C(N)=N/O)ccn2)CC(C)O1. The van der Waals surface area contributed by atoms with Crippen LogP contribution in [0.1, 0.15) is 32.3 Å². The van der Waals surface area contributed by atoms with Gasteiger partial charge in [0.25, 0.3) is 0 Å². The summed E-state index contributed by atoms with van der Waals surface area (Å²) in [5, 5.41) is 11.6. The van der Waals surface area contributed by atoms with Gasteiger partial charge in [-0.1, -0.05) is 5.16 Å². The molecule has 1 aliphatic rings. The van der Waals surface area contributed by atoms with Crippen LogP contribution in [0.2, 0.25) is 0 Å². The van der Waals surface area contributed by atoms with E-state index < -0.39 is 0 Å². The summed E-state index contributed by atoms with van der Waals surface area (Å²) in [6, 6.07) is 3.33. The monoisotopic (exact) mass is 265 g/mol. The van der Waals surface area contributed by atoms with Gasteiger partial charge in [0.05, 0.1) is 12.2 Å². The summed E-state index contributed by atoms with van der Waals surface area (Å²) in [4.78, 5) is 4.15. The van der Waals surface area contributed by atoms with Crippen LogP contribution in [0.4, 0.5) is 0 Å². The van der Waals surface area contributed by atoms with Crippen LogP contribution in [0, 0.1) is 0 Å². The minimum atomic E-state index is 0.0426. The average molecular weight is 265 g/mol. The molecular weight excluding hydrogens is 246 g/mol. The van der Waals surface area contributed by atoms with Gasteiger partial charge in [0.2, 0.25) is 5.88 Å². The molecule has 1 aromatic rings. The van der Waals surface area contributed by atoms with Crippen LogP contribution >= 0.6 is 0 Å². The fourth-order valence-electron chi connectivity index (χ4n) is 2.30. The number of nitrogens with zero attached hydrogens (tertiary/aromatic N) is 2. The molecule has 0 saturated carbocycles. The molecule has 3 N–H and O–H groups in total. The molecule has 104 valence electrons. The second-order valence-electron chi connectivity index (χ2n) is 4.84. The molecule has 0 aliphatic carbocycles. The van der Waals surface area contributed by atoms with Gasteiger partial charge < -0.3 is 20.4 Å². The molecule has 2 atom stereocenters. The van der Waals surface area contributed by atoms with Crippen molar-refractivity contribution in [2.45, 2.75) is 45.0 Å². The first-order valence-corrected chi connectivity index (χ1v) is 6.34. The summed E-state index contributed by atoms with van der Waals surface area (Å²) in [6.45, 7) is 4.07. The van der Waals surface area contributed by atoms with Crippen LogP contribution in [-0.4, -0.2) is 34.3 Å². The highest BCUT2D eigenvalue weighted by atomic mass is 16.5. The molecule has 6 nitrogen and oxygen atoms in total. The molecule has 1 aliphatic heterocycles. The van der Waals surface area contributed by atoms with E-state index in [2.05, 4.69) is 10.1 Å². The van der Waals surface area contributed by atoms with Crippen LogP contribution in [-0.2, 0) is 4.74 Å². The number of rotatable bonds is 3. The first-order chi connectivity index (χ1) is 9.08. The standard InChI is InChI=1S/C13H19N3O3/c1-8-5-11(6-9(2)18-8)19-12-7-10(3-4-15-12)13(14)16-17/h3-4,7-9,11,17H,5-6H2,1-2H3,(H2,14,16). The molecule has 2 unspecified atom stereocenters. The van der Waals surface area contributed by atoms with Crippen molar-refractivity contribution in [2.24, 2.45) is 10.9 Å². The third-order valence-corrected chi connectivity index (χ3v) is 3.08. The minimum Gasteiger partial charge on any atom is -0.474 e. The molecule has 0 aromatic carbocycles. The Kier molecular flexibility index (Phi) is 4.21. The predicted molar refractivity (Wildman–Crippen MR) is 70.4 cm³/mol. The van der Waals surface area contributed by atoms with E-state index in [4.69, 9.17) is 20.4 Å². The summed E-state index contributed by atoms with van der Waals surface area (Å²) in [5.41, 5.74) is 6.12. The number of hydrogen-bond donors (Lipinski definition) is 2. The molecule has 0 spiro atoms. The molecule has 0 radical (unpaired) electrons. The molecule has 6 heteroatoms. The van der Waals surface area contributed by atoms with Crippen molar-refractivity contribution in [1.29, 1.82) is 0 Å². The van der Waals surface area contributed by atoms with E-state index in [0.717, 1.165) is 12.8 Å². The Balaban J connectivity index is 2.06. The molecule has 2 heterocycles. The number of hydrogen-bond acceptors (Lipinski definition) is 5. The van der Waals surface area contributed by atoms with Crippen molar-refractivity contribution in [3.63, 3.8) is 0 Å². The molecule has 1 aromatic heterocycles. The second-order valence-corrected chi connectivity index (χ2v) is 4.84. The Morgan fingerprint density at radius 1 is 1.47 bits per heavy atom. The Morgan fingerprint density at radius 2 is 2.16 bits per heavy atom. The molecular formula is C13H19N3O3. The predicted octanol–water partition coefficient (Wildman–Crippen LogP) is 1.51. The average Bonchev–Trinajstić information content (AvgIpc) is 2.37. The maximum absolute atomic E-state index is 8.66. The first-order valence-electron chi connectivity index (χ1n) is 6.34. The second kappa shape index (κ2) is 5.88. The highest BCUT2D eigenvalue weighted by Crippen LogP contribution is 2.23. The number of nitrogens with two attached hydrogens (primary N) is 1. The van der Waals surface area contributed by atoms with Gasteiger partial charge >= 0.3 is 0 Å². The van der Waals surface area contributed by atoms with E-state index in [1.807, 2.05) is 13.8 Å². The quantitative estimate of drug-likeness (QED) is 0.374. The van der Waals surface area contributed by atoms with Gasteiger partial charge in [0.1, 0.15) is 6.10 Å². The van der Waals surface area contributed by atoms with Crippen molar-refractivity contribution in [1.82, 2.24) is 4.98 Å². The lowest BCUT2D eigenvalue weighted by atomic mass is 10.0. The molecule has 0 bridgehead atoms. The summed E-state index contributed by atoms with van der Waals surface area (Å²) in [6.07, 6.45) is 3.69. The Hall–Kier alpha value is -1.82. The van der Waals surface area contributed by atoms with E-state index in [-0.39, 0.29) is 24.1 Å². The zero-order valence-corrected chi connectivity index (χ0v) is 11.1. The Labute approximate surface area is 112 Å². The lowest BCUT2D eigenvalue weighted by Gasteiger charge is -2.31. The Morgan fingerprint density at radius 3 is 2.79 bits per heavy atom. The van der Waals surface area contributed by atoms with Crippen molar-refractivity contribution in [3.05, 3.63) is 23.9 Å². The summed E-state index contributed by atoms with van der Waals surface area (Å²) in [7, 11) is 0. The van der Waals surface area contributed by atoms with Gasteiger partial charge in [0, 0.05) is 30.7 Å². The number of aromatic nitrogens is 1. The number of pyridine rings is 1.